The number of hydrogen-bond acceptors (Lipinski definition) is 4. The zero-order valence-electron chi connectivity index (χ0n) is 6.43. The van der Waals surface area contributed by atoms with Crippen LogP contribution in [0.1, 0.15) is 17.4 Å². The summed E-state index contributed by atoms with van der Waals surface area (Å²) in [5.41, 5.74) is 0.528. The number of rotatable bonds is 1. The van der Waals surface area contributed by atoms with Crippen LogP contribution in [0, 0.1) is 0 Å². The fourth-order valence-corrected chi connectivity index (χ4v) is 1.01. The quantitative estimate of drug-likeness (QED) is 0.567. The van der Waals surface area contributed by atoms with E-state index in [4.69, 9.17) is 0 Å². The normalized spacial score (nSPS) is 10.4. The van der Waals surface area contributed by atoms with Crippen LogP contribution in [0.4, 0.5) is 0 Å². The highest BCUT2D eigenvalue weighted by molar-refractivity contribution is 5.92. The summed E-state index contributed by atoms with van der Waals surface area (Å²) >= 11 is 0. The van der Waals surface area contributed by atoms with Gasteiger partial charge in [-0.25, -0.2) is 4.98 Å². The van der Waals surface area contributed by atoms with E-state index in [2.05, 4.69) is 15.2 Å². The van der Waals surface area contributed by atoms with Crippen LogP contribution in [0.3, 0.4) is 0 Å². The molecule has 0 aromatic carbocycles. The van der Waals surface area contributed by atoms with E-state index in [0.29, 0.717) is 11.5 Å². The molecule has 0 spiro atoms. The Labute approximate surface area is 68.1 Å². The van der Waals surface area contributed by atoms with Crippen molar-refractivity contribution >= 4 is 11.6 Å². The summed E-state index contributed by atoms with van der Waals surface area (Å²) in [5.74, 6) is 0.415. The molecule has 5 heteroatoms. The zero-order valence-corrected chi connectivity index (χ0v) is 6.43. The molecule has 0 unspecified atom stereocenters. The van der Waals surface area contributed by atoms with Crippen molar-refractivity contribution in [1.82, 2.24) is 19.6 Å². The number of ketones is 1. The van der Waals surface area contributed by atoms with E-state index in [1.54, 1.807) is 10.6 Å². The standard InChI is InChI=1S/C7H6N4O/c1-5(12)6-4-8-7-10-9-2-3-11(6)7/h2-4H,1H3. The largest absolute Gasteiger partial charge is 0.293 e. The maximum Gasteiger partial charge on any atom is 0.254 e. The van der Waals surface area contributed by atoms with Gasteiger partial charge in [-0.1, -0.05) is 0 Å². The van der Waals surface area contributed by atoms with Crippen molar-refractivity contribution in [2.24, 2.45) is 0 Å². The average Bonchev–Trinajstić information content (AvgIpc) is 2.47. The minimum Gasteiger partial charge on any atom is -0.293 e. The van der Waals surface area contributed by atoms with Crippen LogP contribution in [-0.2, 0) is 0 Å². The monoisotopic (exact) mass is 162 g/mol. The van der Waals surface area contributed by atoms with Gasteiger partial charge in [-0.15, -0.1) is 5.10 Å². The first-order valence-electron chi connectivity index (χ1n) is 3.45. The summed E-state index contributed by atoms with van der Waals surface area (Å²) in [5, 5.41) is 7.37. The molecule has 0 aliphatic heterocycles. The lowest BCUT2D eigenvalue weighted by Crippen LogP contribution is -1.99. The molecule has 2 rings (SSSR count). The minimum atomic E-state index is -0.0319. The van der Waals surface area contributed by atoms with Crippen LogP contribution >= 0.6 is 0 Å². The molecular formula is C7H6N4O. The molecule has 2 aromatic heterocycles. The van der Waals surface area contributed by atoms with Crippen LogP contribution in [0.2, 0.25) is 0 Å². The van der Waals surface area contributed by atoms with Crippen molar-refractivity contribution in [2.75, 3.05) is 0 Å². The number of imidazole rings is 1. The number of Topliss-reactive ketones (excluding diaryl/α,β-unsaturated/α-hetero) is 1. The third-order valence-corrected chi connectivity index (χ3v) is 1.57. The molecule has 0 fully saturated rings. The molecule has 2 aromatic rings. The molecule has 0 bridgehead atoms. The van der Waals surface area contributed by atoms with Gasteiger partial charge >= 0.3 is 0 Å². The van der Waals surface area contributed by atoms with Gasteiger partial charge in [-0.3, -0.25) is 9.20 Å². The zero-order chi connectivity index (χ0) is 8.55. The van der Waals surface area contributed by atoms with Gasteiger partial charge in [0.2, 0.25) is 0 Å². The fourth-order valence-electron chi connectivity index (χ4n) is 1.01. The molecule has 2 heterocycles. The van der Waals surface area contributed by atoms with Gasteiger partial charge in [0.15, 0.2) is 5.78 Å². The second-order valence-corrected chi connectivity index (χ2v) is 2.38. The number of nitrogens with zero attached hydrogens (tertiary/aromatic N) is 4. The summed E-state index contributed by atoms with van der Waals surface area (Å²) in [6.45, 7) is 1.49. The Morgan fingerprint density at radius 1 is 1.58 bits per heavy atom. The van der Waals surface area contributed by atoms with Crippen molar-refractivity contribution in [3.05, 3.63) is 24.3 Å². The summed E-state index contributed by atoms with van der Waals surface area (Å²) in [6, 6.07) is 0. The number of aromatic nitrogens is 4. The van der Waals surface area contributed by atoms with Gasteiger partial charge in [0.1, 0.15) is 5.69 Å². The van der Waals surface area contributed by atoms with Gasteiger partial charge < -0.3 is 0 Å². The number of carbonyl (C=O) groups is 1. The molecule has 0 saturated carbocycles. The number of hydrogen-bond donors (Lipinski definition) is 0. The molecule has 0 radical (unpaired) electrons. The highest BCUT2D eigenvalue weighted by atomic mass is 16.1. The second kappa shape index (κ2) is 2.37. The highest BCUT2D eigenvalue weighted by Gasteiger charge is 2.06. The first kappa shape index (κ1) is 6.90. The Hall–Kier alpha value is -1.78. The van der Waals surface area contributed by atoms with Crippen molar-refractivity contribution < 1.29 is 4.79 Å². The summed E-state index contributed by atoms with van der Waals surface area (Å²) < 4.78 is 1.61. The Morgan fingerprint density at radius 2 is 2.42 bits per heavy atom. The van der Waals surface area contributed by atoms with Crippen LogP contribution in [0.15, 0.2) is 18.6 Å². The second-order valence-electron chi connectivity index (χ2n) is 2.38. The minimum absolute atomic E-state index is 0.0319. The Balaban J connectivity index is 2.79. The fraction of sp³-hybridized carbons (Fsp3) is 0.143. The Kier molecular flexibility index (Phi) is 1.36. The van der Waals surface area contributed by atoms with E-state index < -0.39 is 0 Å². The molecular weight excluding hydrogens is 156 g/mol. The topological polar surface area (TPSA) is 60.2 Å². The molecule has 0 amide bonds. The molecule has 0 aliphatic rings. The van der Waals surface area contributed by atoms with Crippen LogP contribution < -0.4 is 0 Å². The van der Waals surface area contributed by atoms with Crippen LogP contribution in [0.25, 0.3) is 5.78 Å². The van der Waals surface area contributed by atoms with E-state index in [1.165, 1.54) is 19.3 Å². The number of carbonyl (C=O) groups excluding carboxylic acids is 1. The molecule has 12 heavy (non-hydrogen) atoms. The van der Waals surface area contributed by atoms with E-state index >= 15 is 0 Å². The SMILES string of the molecule is CC(=O)c1cnc2nnccn12. The maximum atomic E-state index is 11.0. The Bertz CT molecular complexity index is 434. The van der Waals surface area contributed by atoms with Gasteiger partial charge in [-0.2, -0.15) is 5.10 Å². The molecule has 0 saturated heterocycles. The van der Waals surface area contributed by atoms with Crippen molar-refractivity contribution in [1.29, 1.82) is 0 Å². The predicted octanol–water partition coefficient (Wildman–Crippen LogP) is 0.327. The third kappa shape index (κ3) is 0.868. The van der Waals surface area contributed by atoms with Gasteiger partial charge in [0.05, 0.1) is 12.4 Å². The molecule has 5 nitrogen and oxygen atoms in total. The molecule has 0 atom stereocenters. The van der Waals surface area contributed by atoms with E-state index in [9.17, 15) is 4.79 Å². The van der Waals surface area contributed by atoms with Crippen molar-refractivity contribution in [3.63, 3.8) is 0 Å². The highest BCUT2D eigenvalue weighted by Crippen LogP contribution is 2.02. The van der Waals surface area contributed by atoms with Crippen molar-refractivity contribution in [3.8, 4) is 0 Å². The maximum absolute atomic E-state index is 11.0. The van der Waals surface area contributed by atoms with E-state index in [1.807, 2.05) is 0 Å². The first-order chi connectivity index (χ1) is 5.79. The van der Waals surface area contributed by atoms with Gasteiger partial charge in [0.25, 0.3) is 5.78 Å². The summed E-state index contributed by atoms with van der Waals surface area (Å²) in [4.78, 5) is 14.9. The lowest BCUT2D eigenvalue weighted by molar-refractivity contribution is 0.101. The lowest BCUT2D eigenvalue weighted by atomic mass is 10.3. The van der Waals surface area contributed by atoms with E-state index in [-0.39, 0.29) is 5.78 Å². The van der Waals surface area contributed by atoms with Crippen LogP contribution in [-0.4, -0.2) is 25.4 Å². The van der Waals surface area contributed by atoms with Crippen molar-refractivity contribution in [2.45, 2.75) is 6.92 Å². The summed E-state index contributed by atoms with van der Waals surface area (Å²) in [6.07, 6.45) is 4.67. The summed E-state index contributed by atoms with van der Waals surface area (Å²) in [7, 11) is 0. The average molecular weight is 162 g/mol. The predicted molar refractivity (Wildman–Crippen MR) is 40.8 cm³/mol. The van der Waals surface area contributed by atoms with E-state index in [0.717, 1.165) is 0 Å². The van der Waals surface area contributed by atoms with Gasteiger partial charge in [-0.05, 0) is 0 Å². The van der Waals surface area contributed by atoms with Crippen LogP contribution in [0.5, 0.6) is 0 Å². The Morgan fingerprint density at radius 3 is 3.17 bits per heavy atom. The first-order valence-corrected chi connectivity index (χ1v) is 3.45. The smallest absolute Gasteiger partial charge is 0.254 e. The third-order valence-electron chi connectivity index (χ3n) is 1.57. The molecule has 60 valence electrons. The lowest BCUT2D eigenvalue weighted by Gasteiger charge is -1.92. The molecule has 0 aliphatic carbocycles. The molecule has 0 N–H and O–H groups in total. The number of fused-ring (bicyclic) bond motifs is 1. The van der Waals surface area contributed by atoms with Gasteiger partial charge in [0, 0.05) is 13.1 Å².